The van der Waals surface area contributed by atoms with Crippen LogP contribution in [0, 0.1) is 5.92 Å². The molecule has 6 nitrogen and oxygen atoms in total. The molecular weight excluding hydrogens is 448 g/mol. The van der Waals surface area contributed by atoms with Crippen LogP contribution < -0.4 is 10.1 Å². The highest BCUT2D eigenvalue weighted by Crippen LogP contribution is 2.30. The number of piperidine rings is 1. The molecule has 8 heteroatoms. The van der Waals surface area contributed by atoms with E-state index in [1.54, 1.807) is 6.07 Å². The zero-order valence-electron chi connectivity index (χ0n) is 17.8. The predicted octanol–water partition coefficient (Wildman–Crippen LogP) is 4.22. The summed E-state index contributed by atoms with van der Waals surface area (Å²) in [6, 6.07) is 18.6. The van der Waals surface area contributed by atoms with Gasteiger partial charge in [0.05, 0.1) is 17.0 Å². The molecule has 32 heavy (non-hydrogen) atoms. The highest BCUT2D eigenvalue weighted by molar-refractivity contribution is 7.89. The number of hydrogen-bond acceptors (Lipinski definition) is 4. The van der Waals surface area contributed by atoms with E-state index in [-0.39, 0.29) is 21.7 Å². The molecule has 0 atom stereocenters. The van der Waals surface area contributed by atoms with Crippen molar-refractivity contribution in [3.05, 3.63) is 71.2 Å². The zero-order chi connectivity index (χ0) is 22.7. The van der Waals surface area contributed by atoms with Gasteiger partial charge in [-0.1, -0.05) is 54.1 Å². The molecule has 0 aliphatic carbocycles. The molecule has 1 N–H and O–H groups in total. The fourth-order valence-corrected chi connectivity index (χ4v) is 5.91. The number of hydrogen-bond donors (Lipinski definition) is 1. The number of methoxy groups -OCH3 is 1. The minimum Gasteiger partial charge on any atom is -0.495 e. The third kappa shape index (κ3) is 4.60. The monoisotopic (exact) mass is 472 g/mol. The average Bonchev–Trinajstić information content (AvgIpc) is 2.82. The van der Waals surface area contributed by atoms with E-state index in [4.69, 9.17) is 16.3 Å². The quantitative estimate of drug-likeness (QED) is 0.582. The molecule has 3 aromatic carbocycles. The summed E-state index contributed by atoms with van der Waals surface area (Å²) in [6.45, 7) is 1.03. The summed E-state index contributed by atoms with van der Waals surface area (Å²) in [4.78, 5) is 12.9. The predicted molar refractivity (Wildman–Crippen MR) is 125 cm³/mol. The molecule has 0 bridgehead atoms. The van der Waals surface area contributed by atoms with Crippen molar-refractivity contribution in [2.75, 3.05) is 20.2 Å². The van der Waals surface area contributed by atoms with Crippen LogP contribution in [-0.2, 0) is 21.4 Å². The Bertz CT molecular complexity index is 1230. The number of nitrogens with zero attached hydrogens (tertiary/aromatic N) is 1. The van der Waals surface area contributed by atoms with Crippen LogP contribution in [0.1, 0.15) is 18.4 Å². The van der Waals surface area contributed by atoms with Gasteiger partial charge in [-0.2, -0.15) is 4.31 Å². The van der Waals surface area contributed by atoms with E-state index in [0.717, 1.165) is 16.3 Å². The summed E-state index contributed by atoms with van der Waals surface area (Å²) in [6.07, 6.45) is 0.953. The molecule has 168 valence electrons. The van der Waals surface area contributed by atoms with Crippen LogP contribution in [0.25, 0.3) is 10.8 Å². The van der Waals surface area contributed by atoms with Gasteiger partial charge in [0.25, 0.3) is 0 Å². The maximum Gasteiger partial charge on any atom is 0.243 e. The summed E-state index contributed by atoms with van der Waals surface area (Å²) in [7, 11) is -2.20. The Hall–Kier alpha value is -2.61. The summed E-state index contributed by atoms with van der Waals surface area (Å²) in [5, 5.41) is 5.53. The number of halogens is 1. The van der Waals surface area contributed by atoms with Gasteiger partial charge in [0.1, 0.15) is 5.75 Å². The van der Waals surface area contributed by atoms with Gasteiger partial charge >= 0.3 is 0 Å². The van der Waals surface area contributed by atoms with E-state index in [1.807, 2.05) is 42.5 Å². The van der Waals surface area contributed by atoms with Crippen LogP contribution in [0.2, 0.25) is 5.02 Å². The van der Waals surface area contributed by atoms with Crippen molar-refractivity contribution in [3.8, 4) is 5.75 Å². The minimum absolute atomic E-state index is 0.0394. The molecule has 0 unspecified atom stereocenters. The number of nitrogens with one attached hydrogen (secondary N) is 1. The van der Waals surface area contributed by atoms with Crippen LogP contribution >= 0.6 is 11.6 Å². The molecule has 1 amide bonds. The van der Waals surface area contributed by atoms with Crippen LogP contribution in [-0.4, -0.2) is 38.8 Å². The largest absolute Gasteiger partial charge is 0.495 e. The Kier molecular flexibility index (Phi) is 6.69. The summed E-state index contributed by atoms with van der Waals surface area (Å²) in [5.74, 6) is 0.172. The number of rotatable bonds is 6. The maximum atomic E-state index is 13.0. The van der Waals surface area contributed by atoms with Crippen LogP contribution in [0.3, 0.4) is 0 Å². The lowest BCUT2D eigenvalue weighted by molar-refractivity contribution is -0.126. The highest BCUT2D eigenvalue weighted by Gasteiger charge is 2.32. The van der Waals surface area contributed by atoms with E-state index in [0.29, 0.717) is 38.2 Å². The van der Waals surface area contributed by atoms with Crippen molar-refractivity contribution >= 4 is 38.3 Å². The number of carbonyl (C=O) groups is 1. The molecule has 0 radical (unpaired) electrons. The number of sulfonamides is 1. The van der Waals surface area contributed by atoms with E-state index < -0.39 is 10.0 Å². The first-order valence-corrected chi connectivity index (χ1v) is 12.3. The van der Waals surface area contributed by atoms with Crippen molar-refractivity contribution in [3.63, 3.8) is 0 Å². The molecule has 3 aromatic rings. The summed E-state index contributed by atoms with van der Waals surface area (Å²) in [5.41, 5.74) is 1.06. The maximum absolute atomic E-state index is 13.0. The van der Waals surface area contributed by atoms with E-state index in [1.165, 1.54) is 23.5 Å². The van der Waals surface area contributed by atoms with Crippen LogP contribution in [0.15, 0.2) is 65.6 Å². The fourth-order valence-electron chi connectivity index (χ4n) is 4.09. The Morgan fingerprint density at radius 3 is 2.53 bits per heavy atom. The molecule has 1 aliphatic heterocycles. The van der Waals surface area contributed by atoms with E-state index in [9.17, 15) is 13.2 Å². The average molecular weight is 473 g/mol. The molecule has 1 aliphatic rings. The highest BCUT2D eigenvalue weighted by atomic mass is 35.5. The zero-order valence-corrected chi connectivity index (χ0v) is 19.3. The second-order valence-electron chi connectivity index (χ2n) is 7.83. The van der Waals surface area contributed by atoms with Gasteiger partial charge in [-0.15, -0.1) is 0 Å². The van der Waals surface area contributed by atoms with Crippen molar-refractivity contribution < 1.29 is 17.9 Å². The Balaban J connectivity index is 1.36. The lowest BCUT2D eigenvalue weighted by atomic mass is 9.97. The van der Waals surface area contributed by atoms with Gasteiger partial charge in [-0.25, -0.2) is 8.42 Å². The number of ether oxygens (including phenoxy) is 1. The topological polar surface area (TPSA) is 75.7 Å². The molecule has 0 spiro atoms. The molecule has 1 fully saturated rings. The third-order valence-electron chi connectivity index (χ3n) is 5.92. The molecule has 1 saturated heterocycles. The summed E-state index contributed by atoms with van der Waals surface area (Å²) >= 11 is 6.10. The summed E-state index contributed by atoms with van der Waals surface area (Å²) < 4.78 is 32.5. The van der Waals surface area contributed by atoms with Gasteiger partial charge in [0, 0.05) is 25.6 Å². The molecule has 4 rings (SSSR count). The second kappa shape index (κ2) is 9.48. The third-order valence-corrected chi connectivity index (χ3v) is 8.11. The number of fused-ring (bicyclic) bond motifs is 1. The first-order chi connectivity index (χ1) is 15.4. The fraction of sp³-hybridized carbons (Fsp3) is 0.292. The van der Waals surface area contributed by atoms with Crippen LogP contribution in [0.5, 0.6) is 5.75 Å². The van der Waals surface area contributed by atoms with Crippen molar-refractivity contribution in [1.82, 2.24) is 9.62 Å². The van der Waals surface area contributed by atoms with Crippen LogP contribution in [0.4, 0.5) is 0 Å². The number of carbonyl (C=O) groups excluding carboxylic acids is 1. The van der Waals surface area contributed by atoms with Gasteiger partial charge in [-0.05, 0) is 47.4 Å². The van der Waals surface area contributed by atoms with E-state index >= 15 is 0 Å². The SMILES string of the molecule is COc1ccc(S(=O)(=O)N2CCC(C(=O)NCc3cccc4ccccc34)CC2)cc1Cl. The van der Waals surface area contributed by atoms with Crippen molar-refractivity contribution in [2.24, 2.45) is 5.92 Å². The van der Waals surface area contributed by atoms with Crippen molar-refractivity contribution in [2.45, 2.75) is 24.3 Å². The lowest BCUT2D eigenvalue weighted by Gasteiger charge is -2.30. The second-order valence-corrected chi connectivity index (χ2v) is 10.2. The first-order valence-electron chi connectivity index (χ1n) is 10.5. The minimum atomic E-state index is -3.68. The molecule has 0 saturated carbocycles. The smallest absolute Gasteiger partial charge is 0.243 e. The Morgan fingerprint density at radius 2 is 1.81 bits per heavy atom. The van der Waals surface area contributed by atoms with Gasteiger partial charge in [0.2, 0.25) is 15.9 Å². The molecule has 1 heterocycles. The normalized spacial score (nSPS) is 15.6. The van der Waals surface area contributed by atoms with Gasteiger partial charge < -0.3 is 10.1 Å². The Labute approximate surface area is 193 Å². The Morgan fingerprint density at radius 1 is 1.09 bits per heavy atom. The van der Waals surface area contributed by atoms with Crippen molar-refractivity contribution in [1.29, 1.82) is 0 Å². The van der Waals surface area contributed by atoms with Gasteiger partial charge in [0.15, 0.2) is 0 Å². The van der Waals surface area contributed by atoms with Gasteiger partial charge in [-0.3, -0.25) is 4.79 Å². The molecular formula is C24H25ClN2O4S. The first kappa shape index (κ1) is 22.6. The number of amides is 1. The lowest BCUT2D eigenvalue weighted by Crippen LogP contribution is -2.42. The number of benzene rings is 3. The standard InChI is InChI=1S/C24H25ClN2O4S/c1-31-23-10-9-20(15-22(23)25)32(29,30)27-13-11-18(12-14-27)24(28)26-16-19-7-4-6-17-5-2-3-8-21(17)19/h2-10,15,18H,11-14,16H2,1H3,(H,26,28). The van der Waals surface area contributed by atoms with E-state index in [2.05, 4.69) is 5.32 Å². The molecule has 0 aromatic heterocycles.